The van der Waals surface area contributed by atoms with Crippen LogP contribution >= 0.6 is 27.5 Å². The minimum atomic E-state index is -0.637. The molecule has 5 nitrogen and oxygen atoms in total. The van der Waals surface area contributed by atoms with Gasteiger partial charge in [0.25, 0.3) is 0 Å². The Kier molecular flexibility index (Phi) is 4.64. The van der Waals surface area contributed by atoms with Crippen molar-refractivity contribution in [2.24, 2.45) is 10.7 Å². The summed E-state index contributed by atoms with van der Waals surface area (Å²) < 4.78 is 25.0. The van der Waals surface area contributed by atoms with Gasteiger partial charge in [0.05, 0.1) is 22.6 Å². The van der Waals surface area contributed by atoms with E-state index in [4.69, 9.17) is 26.8 Å². The maximum absolute atomic E-state index is 13.6. The molecule has 0 bridgehead atoms. The average molecular weight is 416 g/mol. The van der Waals surface area contributed by atoms with Gasteiger partial charge in [-0.05, 0) is 40.5 Å². The van der Waals surface area contributed by atoms with Crippen molar-refractivity contribution in [2.75, 3.05) is 13.2 Å². The standard InChI is InChI=1S/C16H13BrClFN2O3/c1-2-23-14-11(7-3-4-9(19)8(17)5-7)12-10(22)6-21-15(18)13(12)24-16(14)20/h3-5,11H,2,6,20H2,1H3. The van der Waals surface area contributed by atoms with Crippen LogP contribution in [0.1, 0.15) is 18.4 Å². The van der Waals surface area contributed by atoms with Crippen molar-refractivity contribution in [3.05, 3.63) is 57.0 Å². The number of aliphatic imine (C=N–C) groups is 1. The maximum Gasteiger partial charge on any atom is 0.230 e. The molecule has 126 valence electrons. The van der Waals surface area contributed by atoms with E-state index in [0.29, 0.717) is 23.5 Å². The number of hydrogen-bond acceptors (Lipinski definition) is 5. The molecule has 0 saturated carbocycles. The van der Waals surface area contributed by atoms with Gasteiger partial charge in [0.15, 0.2) is 22.5 Å². The average Bonchev–Trinajstić information content (AvgIpc) is 2.55. The zero-order chi connectivity index (χ0) is 17.4. The molecule has 1 atom stereocenters. The molecule has 1 unspecified atom stereocenters. The number of ketones is 1. The molecule has 0 spiro atoms. The number of Topliss-reactive ketones (excluding diaryl/α,β-unsaturated/α-hetero) is 1. The summed E-state index contributed by atoms with van der Waals surface area (Å²) in [6.07, 6.45) is 0. The zero-order valence-corrected chi connectivity index (χ0v) is 14.9. The quantitative estimate of drug-likeness (QED) is 0.822. The van der Waals surface area contributed by atoms with E-state index in [9.17, 15) is 9.18 Å². The summed E-state index contributed by atoms with van der Waals surface area (Å²) in [4.78, 5) is 16.4. The second kappa shape index (κ2) is 6.57. The molecule has 2 heterocycles. The monoisotopic (exact) mass is 414 g/mol. The fourth-order valence-electron chi connectivity index (χ4n) is 2.68. The Hall–Kier alpha value is -1.86. The molecule has 2 aliphatic heterocycles. The molecule has 0 aliphatic carbocycles. The Morgan fingerprint density at radius 3 is 2.96 bits per heavy atom. The van der Waals surface area contributed by atoms with E-state index < -0.39 is 11.7 Å². The van der Waals surface area contributed by atoms with Crippen LogP contribution in [0, 0.1) is 5.82 Å². The maximum atomic E-state index is 13.6. The third kappa shape index (κ3) is 2.82. The topological polar surface area (TPSA) is 73.9 Å². The van der Waals surface area contributed by atoms with Crippen LogP contribution in [0.4, 0.5) is 4.39 Å². The predicted octanol–water partition coefficient (Wildman–Crippen LogP) is 3.34. The Morgan fingerprint density at radius 2 is 2.29 bits per heavy atom. The lowest BCUT2D eigenvalue weighted by Gasteiger charge is -2.31. The summed E-state index contributed by atoms with van der Waals surface area (Å²) in [5.74, 6) is -0.866. The first-order valence-electron chi connectivity index (χ1n) is 7.17. The van der Waals surface area contributed by atoms with E-state index in [1.54, 1.807) is 19.1 Å². The third-order valence-corrected chi connectivity index (χ3v) is 4.58. The smallest absolute Gasteiger partial charge is 0.230 e. The van der Waals surface area contributed by atoms with Gasteiger partial charge in [0, 0.05) is 0 Å². The second-order valence-corrected chi connectivity index (χ2v) is 6.36. The van der Waals surface area contributed by atoms with E-state index in [0.717, 1.165) is 0 Å². The van der Waals surface area contributed by atoms with Gasteiger partial charge in [-0.3, -0.25) is 9.79 Å². The van der Waals surface area contributed by atoms with Crippen LogP contribution in [0.25, 0.3) is 0 Å². The lowest BCUT2D eigenvalue weighted by atomic mass is 9.84. The number of allylic oxidation sites excluding steroid dienone is 2. The van der Waals surface area contributed by atoms with Crippen molar-refractivity contribution in [1.82, 2.24) is 0 Å². The molecule has 0 aromatic heterocycles. The number of dihydropyridines is 1. The van der Waals surface area contributed by atoms with Gasteiger partial charge in [-0.15, -0.1) is 0 Å². The molecular weight excluding hydrogens is 403 g/mol. The molecule has 8 heteroatoms. The van der Waals surface area contributed by atoms with Crippen molar-refractivity contribution >= 4 is 38.5 Å². The first kappa shape index (κ1) is 17.0. The molecule has 3 rings (SSSR count). The van der Waals surface area contributed by atoms with Crippen molar-refractivity contribution in [2.45, 2.75) is 12.8 Å². The Bertz CT molecular complexity index is 820. The van der Waals surface area contributed by atoms with Gasteiger partial charge < -0.3 is 15.2 Å². The third-order valence-electron chi connectivity index (χ3n) is 3.68. The van der Waals surface area contributed by atoms with Gasteiger partial charge in [0.2, 0.25) is 5.88 Å². The van der Waals surface area contributed by atoms with Crippen molar-refractivity contribution in [1.29, 1.82) is 0 Å². The number of nitrogens with two attached hydrogens (primary N) is 1. The number of nitrogens with zero attached hydrogens (tertiary/aromatic N) is 1. The summed E-state index contributed by atoms with van der Waals surface area (Å²) in [5, 5.41) is 0.0780. The number of carbonyl (C=O) groups is 1. The van der Waals surface area contributed by atoms with E-state index in [1.807, 2.05) is 0 Å². The SMILES string of the molecule is CCOC1=C(N)OC2=C(C(=O)CN=C2Cl)C1c1ccc(F)c(Br)c1. The van der Waals surface area contributed by atoms with Gasteiger partial charge in [-0.1, -0.05) is 17.7 Å². The van der Waals surface area contributed by atoms with Crippen LogP contribution < -0.4 is 5.73 Å². The highest BCUT2D eigenvalue weighted by Gasteiger charge is 2.40. The van der Waals surface area contributed by atoms with E-state index >= 15 is 0 Å². The number of ether oxygens (including phenoxy) is 2. The summed E-state index contributed by atoms with van der Waals surface area (Å²) in [7, 11) is 0. The highest BCUT2D eigenvalue weighted by atomic mass is 79.9. The fraction of sp³-hybridized carbons (Fsp3) is 0.250. The van der Waals surface area contributed by atoms with Crippen LogP contribution in [0.3, 0.4) is 0 Å². The second-order valence-electron chi connectivity index (χ2n) is 5.14. The molecular formula is C16H13BrClFN2O3. The first-order valence-corrected chi connectivity index (χ1v) is 8.34. The van der Waals surface area contributed by atoms with Gasteiger partial charge >= 0.3 is 0 Å². The van der Waals surface area contributed by atoms with E-state index in [-0.39, 0.29) is 33.6 Å². The highest BCUT2D eigenvalue weighted by Crippen LogP contribution is 2.42. The number of benzene rings is 1. The van der Waals surface area contributed by atoms with Gasteiger partial charge in [-0.25, -0.2) is 4.39 Å². The van der Waals surface area contributed by atoms with Crippen LogP contribution in [0.15, 0.2) is 50.6 Å². The van der Waals surface area contributed by atoms with Crippen LogP contribution in [0.2, 0.25) is 0 Å². The summed E-state index contributed by atoms with van der Waals surface area (Å²) in [5.41, 5.74) is 6.90. The zero-order valence-electron chi connectivity index (χ0n) is 12.6. The number of rotatable bonds is 3. The highest BCUT2D eigenvalue weighted by molar-refractivity contribution is 9.10. The normalized spacial score (nSPS) is 20.6. The van der Waals surface area contributed by atoms with Crippen LogP contribution in [0.5, 0.6) is 0 Å². The molecule has 24 heavy (non-hydrogen) atoms. The van der Waals surface area contributed by atoms with E-state index in [2.05, 4.69) is 20.9 Å². The van der Waals surface area contributed by atoms with Crippen molar-refractivity contribution < 1.29 is 18.7 Å². The number of hydrogen-bond donors (Lipinski definition) is 1. The van der Waals surface area contributed by atoms with Crippen LogP contribution in [-0.4, -0.2) is 24.1 Å². The van der Waals surface area contributed by atoms with Gasteiger partial charge in [0.1, 0.15) is 12.4 Å². The Labute approximate surface area is 151 Å². The van der Waals surface area contributed by atoms with Gasteiger partial charge in [-0.2, -0.15) is 0 Å². The molecule has 1 aromatic carbocycles. The molecule has 2 aliphatic rings. The van der Waals surface area contributed by atoms with Crippen molar-refractivity contribution in [3.63, 3.8) is 0 Å². The minimum absolute atomic E-state index is 0.00379. The lowest BCUT2D eigenvalue weighted by molar-refractivity contribution is -0.115. The Balaban J connectivity index is 2.21. The minimum Gasteiger partial charge on any atom is -0.492 e. The molecule has 0 fully saturated rings. The fourth-order valence-corrected chi connectivity index (χ4v) is 3.28. The Morgan fingerprint density at radius 1 is 1.54 bits per heavy atom. The summed E-state index contributed by atoms with van der Waals surface area (Å²) in [6.45, 7) is 2.04. The van der Waals surface area contributed by atoms with Crippen molar-refractivity contribution in [3.8, 4) is 0 Å². The summed E-state index contributed by atoms with van der Waals surface area (Å²) >= 11 is 9.24. The molecule has 0 radical (unpaired) electrons. The molecule has 1 aromatic rings. The van der Waals surface area contributed by atoms with E-state index in [1.165, 1.54) is 6.07 Å². The largest absolute Gasteiger partial charge is 0.492 e. The summed E-state index contributed by atoms with van der Waals surface area (Å²) in [6, 6.07) is 4.45. The predicted molar refractivity (Wildman–Crippen MR) is 91.0 cm³/mol. The molecule has 2 N–H and O–H groups in total. The molecule has 0 saturated heterocycles. The first-order chi connectivity index (χ1) is 11.4. The number of halogens is 3. The van der Waals surface area contributed by atoms with Crippen LogP contribution in [-0.2, 0) is 14.3 Å². The lowest BCUT2D eigenvalue weighted by Crippen LogP contribution is -2.31. The molecule has 0 amide bonds. The number of carbonyl (C=O) groups excluding carboxylic acids is 1.